The molecule has 2 aliphatic rings. The van der Waals surface area contributed by atoms with Crippen LogP contribution in [-0.4, -0.2) is 4.57 Å². The molecule has 1 atom stereocenters. The zero-order valence-corrected chi connectivity index (χ0v) is 24.7. The SMILES string of the molecule is c1ccc(C2c3ccccc3-c3cc(-c4ccc5c(c4)c4ccccc4n5-c4cccc5c4-c4ccccc4C5)ccc32)cc1. The maximum Gasteiger partial charge on any atom is 0.0543 e. The summed E-state index contributed by atoms with van der Waals surface area (Å²) >= 11 is 0. The summed E-state index contributed by atoms with van der Waals surface area (Å²) in [6.07, 6.45) is 0.993. The first-order valence-corrected chi connectivity index (χ1v) is 15.9. The number of fused-ring (bicyclic) bond motifs is 9. The second kappa shape index (κ2) is 9.42. The molecule has 10 rings (SSSR count). The molecule has 8 aromatic rings. The molecule has 0 saturated carbocycles. The number of rotatable bonds is 3. The van der Waals surface area contributed by atoms with Crippen LogP contribution in [0.2, 0.25) is 0 Å². The number of hydrogen-bond acceptors (Lipinski definition) is 0. The lowest BCUT2D eigenvalue weighted by Gasteiger charge is -2.15. The van der Waals surface area contributed by atoms with Crippen LogP contribution >= 0.6 is 0 Å². The van der Waals surface area contributed by atoms with Gasteiger partial charge in [-0.2, -0.15) is 0 Å². The molecule has 0 fully saturated rings. The normalized spacial score (nSPS) is 14.4. The molecule has 0 radical (unpaired) electrons. The molecule has 45 heavy (non-hydrogen) atoms. The largest absolute Gasteiger partial charge is 0.309 e. The fraction of sp³-hybridized carbons (Fsp3) is 0.0455. The van der Waals surface area contributed by atoms with Crippen LogP contribution in [0.1, 0.15) is 33.7 Å². The summed E-state index contributed by atoms with van der Waals surface area (Å²) in [5.41, 5.74) is 18.6. The van der Waals surface area contributed by atoms with Crippen LogP contribution < -0.4 is 0 Å². The highest BCUT2D eigenvalue weighted by Gasteiger charge is 2.30. The molecule has 0 bridgehead atoms. The Morgan fingerprint density at radius 3 is 2.07 bits per heavy atom. The third kappa shape index (κ3) is 3.56. The van der Waals surface area contributed by atoms with E-state index in [0.29, 0.717) is 0 Å². The number of nitrogens with zero attached hydrogens (tertiary/aromatic N) is 1. The average Bonchev–Trinajstić information content (AvgIpc) is 3.76. The molecule has 2 aliphatic carbocycles. The van der Waals surface area contributed by atoms with Crippen molar-refractivity contribution in [3.63, 3.8) is 0 Å². The molecule has 0 saturated heterocycles. The highest BCUT2D eigenvalue weighted by atomic mass is 15.0. The van der Waals surface area contributed by atoms with Crippen molar-refractivity contribution in [2.75, 3.05) is 0 Å². The van der Waals surface area contributed by atoms with E-state index < -0.39 is 0 Å². The van der Waals surface area contributed by atoms with E-state index in [4.69, 9.17) is 0 Å². The Labute approximate surface area is 262 Å². The van der Waals surface area contributed by atoms with E-state index in [-0.39, 0.29) is 5.92 Å². The highest BCUT2D eigenvalue weighted by Crippen LogP contribution is 2.49. The first-order valence-electron chi connectivity index (χ1n) is 15.9. The molecule has 7 aromatic carbocycles. The van der Waals surface area contributed by atoms with Crippen LogP contribution in [0.4, 0.5) is 0 Å². The maximum absolute atomic E-state index is 2.48. The minimum atomic E-state index is 0.268. The van der Waals surface area contributed by atoms with Crippen molar-refractivity contribution in [1.29, 1.82) is 0 Å². The van der Waals surface area contributed by atoms with E-state index in [9.17, 15) is 0 Å². The molecule has 210 valence electrons. The molecule has 0 aliphatic heterocycles. The number of benzene rings is 7. The van der Waals surface area contributed by atoms with Gasteiger partial charge in [-0.25, -0.2) is 0 Å². The number of hydrogen-bond donors (Lipinski definition) is 0. The van der Waals surface area contributed by atoms with Gasteiger partial charge in [-0.1, -0.05) is 127 Å². The zero-order chi connectivity index (χ0) is 29.5. The summed E-state index contributed by atoms with van der Waals surface area (Å²) < 4.78 is 2.48. The Kier molecular flexibility index (Phi) is 5.18. The quantitative estimate of drug-likeness (QED) is 0.199. The Morgan fingerprint density at radius 2 is 1.13 bits per heavy atom. The van der Waals surface area contributed by atoms with Crippen molar-refractivity contribution >= 4 is 21.8 Å². The van der Waals surface area contributed by atoms with E-state index in [1.165, 1.54) is 88.7 Å². The Bertz CT molecular complexity index is 2460. The lowest BCUT2D eigenvalue weighted by molar-refractivity contribution is 1.02. The summed E-state index contributed by atoms with van der Waals surface area (Å²) in [5.74, 6) is 0.268. The smallest absolute Gasteiger partial charge is 0.0543 e. The van der Waals surface area contributed by atoms with Crippen LogP contribution in [0.3, 0.4) is 0 Å². The maximum atomic E-state index is 2.48. The Balaban J connectivity index is 1.16. The zero-order valence-electron chi connectivity index (χ0n) is 24.7. The van der Waals surface area contributed by atoms with Crippen LogP contribution in [0, 0.1) is 0 Å². The molecular formula is C44H29N. The molecule has 1 heteroatoms. The predicted octanol–water partition coefficient (Wildman–Crippen LogP) is 11.2. The standard InChI is InChI=1S/C44H29N/c1-2-11-28(12-3-1)43-36-18-7-6-16-34(36)38-26-29(21-23-37(38)43)30-22-24-41-39(27-30)35-17-8-9-19-40(35)45(41)42-20-10-14-32-25-31-13-4-5-15-33(31)44(32)42/h1-24,26-27,43H,25H2. The van der Waals surface area contributed by atoms with Gasteiger partial charge in [-0.3, -0.25) is 0 Å². The third-order valence-electron chi connectivity index (χ3n) is 10.1. The topological polar surface area (TPSA) is 4.93 Å². The summed E-state index contributed by atoms with van der Waals surface area (Å²) in [5, 5.41) is 2.57. The number of aromatic nitrogens is 1. The van der Waals surface area contributed by atoms with Gasteiger partial charge in [0.15, 0.2) is 0 Å². The van der Waals surface area contributed by atoms with Crippen LogP contribution in [0.5, 0.6) is 0 Å². The fourth-order valence-electron chi connectivity index (χ4n) is 8.15. The average molecular weight is 572 g/mol. The van der Waals surface area contributed by atoms with E-state index in [1.54, 1.807) is 0 Å². The monoisotopic (exact) mass is 571 g/mol. The minimum Gasteiger partial charge on any atom is -0.309 e. The molecule has 0 spiro atoms. The molecule has 1 aromatic heterocycles. The lowest BCUT2D eigenvalue weighted by Crippen LogP contribution is -1.98. The van der Waals surface area contributed by atoms with Crippen molar-refractivity contribution in [1.82, 2.24) is 4.57 Å². The van der Waals surface area contributed by atoms with Crippen molar-refractivity contribution < 1.29 is 0 Å². The van der Waals surface area contributed by atoms with E-state index in [0.717, 1.165) is 6.42 Å². The minimum absolute atomic E-state index is 0.268. The van der Waals surface area contributed by atoms with Gasteiger partial charge < -0.3 is 4.57 Å². The molecule has 0 N–H and O–H groups in total. The second-order valence-corrected chi connectivity index (χ2v) is 12.5. The van der Waals surface area contributed by atoms with Crippen LogP contribution in [0.15, 0.2) is 158 Å². The Morgan fingerprint density at radius 1 is 0.444 bits per heavy atom. The van der Waals surface area contributed by atoms with Gasteiger partial charge in [0.05, 0.1) is 16.7 Å². The van der Waals surface area contributed by atoms with Gasteiger partial charge in [0, 0.05) is 22.3 Å². The van der Waals surface area contributed by atoms with Crippen molar-refractivity contribution in [2.24, 2.45) is 0 Å². The Hall–Kier alpha value is -5.66. The first-order chi connectivity index (χ1) is 22.3. The van der Waals surface area contributed by atoms with E-state index >= 15 is 0 Å². The van der Waals surface area contributed by atoms with Gasteiger partial charge in [0.2, 0.25) is 0 Å². The van der Waals surface area contributed by atoms with Crippen molar-refractivity contribution in [3.05, 3.63) is 186 Å². The van der Waals surface area contributed by atoms with Gasteiger partial charge in [0.25, 0.3) is 0 Å². The summed E-state index contributed by atoms with van der Waals surface area (Å²) in [6, 6.07) is 58.6. The predicted molar refractivity (Wildman–Crippen MR) is 187 cm³/mol. The van der Waals surface area contributed by atoms with Crippen molar-refractivity contribution in [3.8, 4) is 39.1 Å². The fourth-order valence-corrected chi connectivity index (χ4v) is 8.15. The summed E-state index contributed by atoms with van der Waals surface area (Å²) in [7, 11) is 0. The first kappa shape index (κ1) is 24.7. The number of para-hydroxylation sites is 1. The van der Waals surface area contributed by atoms with Gasteiger partial charge >= 0.3 is 0 Å². The molecule has 1 unspecified atom stereocenters. The van der Waals surface area contributed by atoms with Crippen molar-refractivity contribution in [2.45, 2.75) is 12.3 Å². The molecule has 1 nitrogen and oxygen atoms in total. The van der Waals surface area contributed by atoms with Gasteiger partial charge in [0.1, 0.15) is 0 Å². The van der Waals surface area contributed by atoms with Gasteiger partial charge in [-0.15, -0.1) is 0 Å². The molecule has 0 amide bonds. The third-order valence-corrected chi connectivity index (χ3v) is 10.1. The summed E-state index contributed by atoms with van der Waals surface area (Å²) in [6.45, 7) is 0. The van der Waals surface area contributed by atoms with E-state index in [2.05, 4.69) is 162 Å². The summed E-state index contributed by atoms with van der Waals surface area (Å²) in [4.78, 5) is 0. The highest BCUT2D eigenvalue weighted by molar-refractivity contribution is 6.11. The molecule has 1 heterocycles. The van der Waals surface area contributed by atoms with E-state index in [1.807, 2.05) is 0 Å². The molecular weight excluding hydrogens is 542 g/mol. The van der Waals surface area contributed by atoms with Gasteiger partial charge in [-0.05, 0) is 92.4 Å². The van der Waals surface area contributed by atoms with Crippen LogP contribution in [0.25, 0.3) is 60.9 Å². The second-order valence-electron chi connectivity index (χ2n) is 12.5. The lowest BCUT2D eigenvalue weighted by atomic mass is 9.89. The van der Waals surface area contributed by atoms with Crippen LogP contribution in [-0.2, 0) is 6.42 Å².